The molecule has 1 unspecified atom stereocenters. The van der Waals surface area contributed by atoms with E-state index in [2.05, 4.69) is 32.7 Å². The van der Waals surface area contributed by atoms with Crippen molar-refractivity contribution in [2.24, 2.45) is 11.1 Å². The molecule has 0 rings (SSSR count). The number of nitrogens with zero attached hydrogens (tertiary/aromatic N) is 1. The maximum absolute atomic E-state index is 11.6. The molecule has 0 aromatic rings. The first-order valence-electron chi connectivity index (χ1n) is 7.23. The zero-order chi connectivity index (χ0) is 15.1. The minimum atomic E-state index is -0.849. The standard InChI is InChI=1S/C15H32N2O2/c1-7-19-13(18)15(5,16)10-8-9-11-17(6)12-14(2,3)4/h7-12,16H2,1-6H3. The maximum atomic E-state index is 11.6. The first-order chi connectivity index (χ1) is 8.58. The molecule has 0 fully saturated rings. The van der Waals surface area contributed by atoms with Crippen LogP contribution in [0, 0.1) is 5.41 Å². The SMILES string of the molecule is CCOC(=O)C(C)(N)CCCCN(C)CC(C)(C)C. The highest BCUT2D eigenvalue weighted by molar-refractivity contribution is 5.79. The van der Waals surface area contributed by atoms with Crippen molar-refractivity contribution in [3.8, 4) is 0 Å². The predicted octanol–water partition coefficient (Wildman–Crippen LogP) is 2.42. The fourth-order valence-electron chi connectivity index (χ4n) is 2.16. The Balaban J connectivity index is 3.88. The fourth-order valence-corrected chi connectivity index (χ4v) is 2.16. The number of nitrogens with two attached hydrogens (primary N) is 1. The van der Waals surface area contributed by atoms with E-state index in [0.29, 0.717) is 18.4 Å². The van der Waals surface area contributed by atoms with Crippen LogP contribution >= 0.6 is 0 Å². The second kappa shape index (κ2) is 7.85. The lowest BCUT2D eigenvalue weighted by molar-refractivity contribution is -0.149. The Morgan fingerprint density at radius 1 is 1.21 bits per heavy atom. The number of esters is 1. The molecule has 0 saturated carbocycles. The van der Waals surface area contributed by atoms with Gasteiger partial charge in [0.1, 0.15) is 5.54 Å². The molecule has 0 spiro atoms. The van der Waals surface area contributed by atoms with Gasteiger partial charge in [0.05, 0.1) is 6.61 Å². The summed E-state index contributed by atoms with van der Waals surface area (Å²) in [4.78, 5) is 14.0. The predicted molar refractivity (Wildman–Crippen MR) is 80.0 cm³/mol. The third-order valence-corrected chi connectivity index (χ3v) is 2.97. The molecule has 0 heterocycles. The monoisotopic (exact) mass is 272 g/mol. The largest absolute Gasteiger partial charge is 0.465 e. The molecule has 0 aliphatic heterocycles. The molecule has 4 heteroatoms. The Morgan fingerprint density at radius 2 is 1.79 bits per heavy atom. The number of carbonyl (C=O) groups is 1. The summed E-state index contributed by atoms with van der Waals surface area (Å²) >= 11 is 0. The van der Waals surface area contributed by atoms with Gasteiger partial charge < -0.3 is 15.4 Å². The molecular weight excluding hydrogens is 240 g/mol. The van der Waals surface area contributed by atoms with Crippen LogP contribution in [0.2, 0.25) is 0 Å². The second-order valence-corrected chi connectivity index (χ2v) is 6.89. The first kappa shape index (κ1) is 18.4. The van der Waals surface area contributed by atoms with Crippen molar-refractivity contribution >= 4 is 5.97 Å². The number of hydrogen-bond donors (Lipinski definition) is 1. The van der Waals surface area contributed by atoms with E-state index in [-0.39, 0.29) is 5.97 Å². The van der Waals surface area contributed by atoms with Crippen LogP contribution in [-0.4, -0.2) is 43.2 Å². The Hall–Kier alpha value is -0.610. The maximum Gasteiger partial charge on any atom is 0.325 e. The molecular formula is C15H32N2O2. The lowest BCUT2D eigenvalue weighted by Gasteiger charge is -2.27. The van der Waals surface area contributed by atoms with E-state index in [0.717, 1.165) is 25.9 Å². The topological polar surface area (TPSA) is 55.6 Å². The van der Waals surface area contributed by atoms with Crippen molar-refractivity contribution < 1.29 is 9.53 Å². The van der Waals surface area contributed by atoms with E-state index in [4.69, 9.17) is 10.5 Å². The molecule has 0 aromatic carbocycles. The zero-order valence-electron chi connectivity index (χ0n) is 13.6. The molecule has 0 saturated heterocycles. The van der Waals surface area contributed by atoms with Gasteiger partial charge in [-0.05, 0) is 52.1 Å². The summed E-state index contributed by atoms with van der Waals surface area (Å²) in [6, 6.07) is 0. The molecule has 0 aliphatic rings. The van der Waals surface area contributed by atoms with E-state index in [1.54, 1.807) is 13.8 Å². The molecule has 0 aromatic heterocycles. The van der Waals surface area contributed by atoms with Gasteiger partial charge in [-0.25, -0.2) is 0 Å². The van der Waals surface area contributed by atoms with Crippen molar-refractivity contribution in [2.75, 3.05) is 26.7 Å². The molecule has 4 nitrogen and oxygen atoms in total. The van der Waals surface area contributed by atoms with Crippen molar-refractivity contribution in [1.29, 1.82) is 0 Å². The van der Waals surface area contributed by atoms with Crippen LogP contribution in [0.5, 0.6) is 0 Å². The second-order valence-electron chi connectivity index (χ2n) is 6.89. The first-order valence-corrected chi connectivity index (χ1v) is 7.23. The van der Waals surface area contributed by atoms with Gasteiger partial charge in [0.15, 0.2) is 0 Å². The van der Waals surface area contributed by atoms with Crippen molar-refractivity contribution in [2.45, 2.75) is 59.4 Å². The van der Waals surface area contributed by atoms with Gasteiger partial charge in [-0.3, -0.25) is 4.79 Å². The highest BCUT2D eigenvalue weighted by Gasteiger charge is 2.29. The molecule has 0 aliphatic carbocycles. The Bertz CT molecular complexity index is 270. The Labute approximate surface area is 118 Å². The van der Waals surface area contributed by atoms with Crippen LogP contribution < -0.4 is 5.73 Å². The summed E-state index contributed by atoms with van der Waals surface area (Å²) in [5.41, 5.74) is 5.45. The van der Waals surface area contributed by atoms with Crippen LogP contribution in [0.15, 0.2) is 0 Å². The Morgan fingerprint density at radius 3 is 2.26 bits per heavy atom. The summed E-state index contributed by atoms with van der Waals surface area (Å²) in [6.45, 7) is 12.8. The van der Waals surface area contributed by atoms with Gasteiger partial charge in [0.2, 0.25) is 0 Å². The fraction of sp³-hybridized carbons (Fsp3) is 0.933. The third-order valence-electron chi connectivity index (χ3n) is 2.97. The number of unbranched alkanes of at least 4 members (excludes halogenated alkanes) is 1. The van der Waals surface area contributed by atoms with Crippen LogP contribution in [0.3, 0.4) is 0 Å². The van der Waals surface area contributed by atoms with Crippen molar-refractivity contribution in [1.82, 2.24) is 4.90 Å². The summed E-state index contributed by atoms with van der Waals surface area (Å²) < 4.78 is 4.98. The summed E-state index contributed by atoms with van der Waals surface area (Å²) in [6.07, 6.45) is 2.67. The molecule has 2 N–H and O–H groups in total. The van der Waals surface area contributed by atoms with Crippen LogP contribution in [0.4, 0.5) is 0 Å². The van der Waals surface area contributed by atoms with Gasteiger partial charge in [-0.2, -0.15) is 0 Å². The smallest absolute Gasteiger partial charge is 0.325 e. The molecule has 0 bridgehead atoms. The normalized spacial score (nSPS) is 15.4. The number of ether oxygens (including phenoxy) is 1. The Kier molecular flexibility index (Phi) is 7.60. The lowest BCUT2D eigenvalue weighted by atomic mass is 9.95. The minimum Gasteiger partial charge on any atom is -0.465 e. The van der Waals surface area contributed by atoms with Crippen LogP contribution in [0.1, 0.15) is 53.9 Å². The summed E-state index contributed by atoms with van der Waals surface area (Å²) in [7, 11) is 2.14. The molecule has 1 atom stereocenters. The van der Waals surface area contributed by atoms with E-state index >= 15 is 0 Å². The van der Waals surface area contributed by atoms with Gasteiger partial charge >= 0.3 is 5.97 Å². The van der Waals surface area contributed by atoms with Gasteiger partial charge in [0.25, 0.3) is 0 Å². The van der Waals surface area contributed by atoms with Gasteiger partial charge in [-0.15, -0.1) is 0 Å². The van der Waals surface area contributed by atoms with Crippen LogP contribution in [0.25, 0.3) is 0 Å². The number of rotatable bonds is 8. The lowest BCUT2D eigenvalue weighted by Crippen LogP contribution is -2.46. The average Bonchev–Trinajstić information content (AvgIpc) is 2.22. The van der Waals surface area contributed by atoms with Crippen LogP contribution in [-0.2, 0) is 9.53 Å². The summed E-state index contributed by atoms with van der Waals surface area (Å²) in [5.74, 6) is -0.293. The van der Waals surface area contributed by atoms with Gasteiger partial charge in [-0.1, -0.05) is 20.8 Å². The number of carbonyl (C=O) groups excluding carboxylic acids is 1. The van der Waals surface area contributed by atoms with Gasteiger partial charge in [0, 0.05) is 6.54 Å². The minimum absolute atomic E-state index is 0.293. The average molecular weight is 272 g/mol. The van der Waals surface area contributed by atoms with Crippen molar-refractivity contribution in [3.05, 3.63) is 0 Å². The summed E-state index contributed by atoms with van der Waals surface area (Å²) in [5, 5.41) is 0. The van der Waals surface area contributed by atoms with E-state index in [1.165, 1.54) is 0 Å². The third kappa shape index (κ3) is 9.00. The zero-order valence-corrected chi connectivity index (χ0v) is 13.6. The molecule has 114 valence electrons. The quantitative estimate of drug-likeness (QED) is 0.544. The van der Waals surface area contributed by atoms with E-state index in [9.17, 15) is 4.79 Å². The highest BCUT2D eigenvalue weighted by Crippen LogP contribution is 2.16. The van der Waals surface area contributed by atoms with E-state index < -0.39 is 5.54 Å². The molecule has 0 amide bonds. The van der Waals surface area contributed by atoms with Crippen molar-refractivity contribution in [3.63, 3.8) is 0 Å². The highest BCUT2D eigenvalue weighted by atomic mass is 16.5. The number of hydrogen-bond acceptors (Lipinski definition) is 4. The molecule has 0 radical (unpaired) electrons. The molecule has 19 heavy (non-hydrogen) atoms. The van der Waals surface area contributed by atoms with E-state index in [1.807, 2.05) is 0 Å².